The van der Waals surface area contributed by atoms with Gasteiger partial charge in [-0.3, -0.25) is 9.59 Å². The van der Waals surface area contributed by atoms with E-state index in [1.54, 1.807) is 18.2 Å². The highest BCUT2D eigenvalue weighted by Crippen LogP contribution is 2.32. The van der Waals surface area contributed by atoms with Gasteiger partial charge in [-0.15, -0.1) is 0 Å². The zero-order valence-corrected chi connectivity index (χ0v) is 19.3. The summed E-state index contributed by atoms with van der Waals surface area (Å²) < 4.78 is 0. The fourth-order valence-corrected chi connectivity index (χ4v) is 4.31. The largest absolute Gasteiger partial charge is 0.349 e. The summed E-state index contributed by atoms with van der Waals surface area (Å²) in [6.45, 7) is 0. The van der Waals surface area contributed by atoms with Crippen LogP contribution < -0.4 is 10.6 Å². The summed E-state index contributed by atoms with van der Waals surface area (Å²) in [7, 11) is 0. The van der Waals surface area contributed by atoms with Gasteiger partial charge in [-0.1, -0.05) is 84.6 Å². The number of imidazole rings is 1. The highest BCUT2D eigenvalue weighted by molar-refractivity contribution is 7.99. The molecule has 7 heteroatoms. The Morgan fingerprint density at radius 3 is 2.24 bits per heavy atom. The Kier molecular flexibility index (Phi) is 6.44. The zero-order valence-electron chi connectivity index (χ0n) is 18.5. The maximum atomic E-state index is 12.7. The van der Waals surface area contributed by atoms with Gasteiger partial charge in [0, 0.05) is 17.2 Å². The van der Waals surface area contributed by atoms with Crippen LogP contribution in [0, 0.1) is 0 Å². The lowest BCUT2D eigenvalue weighted by atomic mass is 10.1. The number of nitrogens with one attached hydrogen (secondary N) is 3. The summed E-state index contributed by atoms with van der Waals surface area (Å²) >= 11 is 1.33. The first-order valence-electron chi connectivity index (χ1n) is 11.2. The van der Waals surface area contributed by atoms with Crippen molar-refractivity contribution in [3.63, 3.8) is 0 Å². The Hall–Kier alpha value is -3.84. The van der Waals surface area contributed by atoms with Crippen LogP contribution in [0.1, 0.15) is 23.2 Å². The van der Waals surface area contributed by atoms with E-state index in [0.29, 0.717) is 16.4 Å². The van der Waals surface area contributed by atoms with Crippen LogP contribution in [0.15, 0.2) is 90.1 Å². The van der Waals surface area contributed by atoms with Gasteiger partial charge < -0.3 is 15.6 Å². The predicted octanol–water partition coefficient (Wildman–Crippen LogP) is 5.37. The molecule has 0 atom stereocenters. The van der Waals surface area contributed by atoms with Crippen molar-refractivity contribution in [1.82, 2.24) is 15.3 Å². The van der Waals surface area contributed by atoms with Crippen LogP contribution in [0.4, 0.5) is 5.69 Å². The average Bonchev–Trinajstić information content (AvgIpc) is 3.59. The second-order valence-electron chi connectivity index (χ2n) is 8.13. The van der Waals surface area contributed by atoms with E-state index in [-0.39, 0.29) is 23.6 Å². The number of amides is 2. The van der Waals surface area contributed by atoms with Crippen LogP contribution in [0.2, 0.25) is 0 Å². The lowest BCUT2D eigenvalue weighted by Gasteiger charge is -2.10. The second kappa shape index (κ2) is 9.97. The van der Waals surface area contributed by atoms with E-state index in [2.05, 4.69) is 15.6 Å². The Balaban J connectivity index is 1.31. The molecule has 6 nitrogen and oxygen atoms in total. The van der Waals surface area contributed by atoms with Crippen molar-refractivity contribution < 1.29 is 9.59 Å². The zero-order chi connectivity index (χ0) is 23.3. The molecule has 1 aliphatic rings. The van der Waals surface area contributed by atoms with E-state index in [9.17, 15) is 9.59 Å². The Morgan fingerprint density at radius 1 is 0.882 bits per heavy atom. The number of hydrogen-bond donors (Lipinski definition) is 3. The lowest BCUT2D eigenvalue weighted by molar-refractivity contribution is -0.113. The number of carbonyl (C=O) groups is 2. The molecule has 1 heterocycles. The maximum Gasteiger partial charge on any atom is 0.253 e. The third-order valence-electron chi connectivity index (χ3n) is 5.49. The van der Waals surface area contributed by atoms with Gasteiger partial charge >= 0.3 is 0 Å². The molecule has 3 N–H and O–H groups in total. The van der Waals surface area contributed by atoms with Crippen LogP contribution >= 0.6 is 11.8 Å². The molecule has 4 aromatic rings. The van der Waals surface area contributed by atoms with Crippen LogP contribution in [0.5, 0.6) is 0 Å². The number of carbonyl (C=O) groups excluding carboxylic acids is 2. The summed E-state index contributed by atoms with van der Waals surface area (Å²) in [5.74, 6) is -0.193. The molecular formula is C27H24N4O2S. The monoisotopic (exact) mass is 468 g/mol. The Morgan fingerprint density at radius 2 is 1.53 bits per heavy atom. The molecule has 1 aromatic heterocycles. The van der Waals surface area contributed by atoms with Gasteiger partial charge in [0.15, 0.2) is 5.16 Å². The number of nitrogens with zero attached hydrogens (tertiary/aromatic N) is 1. The number of anilines is 1. The first kappa shape index (κ1) is 22.0. The fourth-order valence-electron chi connectivity index (χ4n) is 3.64. The van der Waals surface area contributed by atoms with E-state index >= 15 is 0 Å². The molecule has 0 saturated heterocycles. The van der Waals surface area contributed by atoms with Crippen molar-refractivity contribution >= 4 is 29.3 Å². The minimum absolute atomic E-state index is 0.155. The van der Waals surface area contributed by atoms with Crippen LogP contribution in [-0.2, 0) is 4.79 Å². The summed E-state index contributed by atoms with van der Waals surface area (Å²) in [6.07, 6.45) is 2.02. The molecule has 170 valence electrons. The minimum Gasteiger partial charge on any atom is -0.349 e. The Labute approximate surface area is 202 Å². The summed E-state index contributed by atoms with van der Waals surface area (Å²) in [4.78, 5) is 33.4. The summed E-state index contributed by atoms with van der Waals surface area (Å²) in [6, 6.07) is 27.3. The molecule has 0 aliphatic heterocycles. The molecule has 0 bridgehead atoms. The first-order chi connectivity index (χ1) is 16.7. The molecule has 3 aromatic carbocycles. The van der Waals surface area contributed by atoms with Gasteiger partial charge in [-0.05, 0) is 25.0 Å². The smallest absolute Gasteiger partial charge is 0.253 e. The number of para-hydroxylation sites is 1. The van der Waals surface area contributed by atoms with Crippen molar-refractivity contribution in [3.05, 3.63) is 90.5 Å². The molecule has 0 radical (unpaired) electrons. The topological polar surface area (TPSA) is 86.9 Å². The van der Waals surface area contributed by atoms with Crippen molar-refractivity contribution in [2.75, 3.05) is 11.1 Å². The van der Waals surface area contributed by atoms with E-state index in [1.807, 2.05) is 66.7 Å². The van der Waals surface area contributed by atoms with Crippen molar-refractivity contribution in [2.45, 2.75) is 24.0 Å². The maximum absolute atomic E-state index is 12.7. The average molecular weight is 469 g/mol. The van der Waals surface area contributed by atoms with Gasteiger partial charge in [0.1, 0.15) is 0 Å². The SMILES string of the molecule is O=C(CSc1nc(-c2ccccc2)c(-c2ccccc2)[nH]1)Nc1ccccc1C(=O)NC1CC1. The summed E-state index contributed by atoms with van der Waals surface area (Å²) in [5.41, 5.74) is 4.78. The van der Waals surface area contributed by atoms with E-state index in [0.717, 1.165) is 35.4 Å². The molecule has 2 amide bonds. The number of aromatic nitrogens is 2. The normalized spacial score (nSPS) is 12.8. The van der Waals surface area contributed by atoms with Crippen molar-refractivity contribution in [2.24, 2.45) is 0 Å². The van der Waals surface area contributed by atoms with Gasteiger partial charge in [0.05, 0.1) is 28.4 Å². The van der Waals surface area contributed by atoms with E-state index < -0.39 is 0 Å². The van der Waals surface area contributed by atoms with Crippen molar-refractivity contribution in [1.29, 1.82) is 0 Å². The van der Waals surface area contributed by atoms with Crippen LogP contribution in [0.25, 0.3) is 22.5 Å². The quantitative estimate of drug-likeness (QED) is 0.304. The Bertz CT molecular complexity index is 1240. The number of aromatic amines is 1. The molecule has 5 rings (SSSR count). The molecule has 0 spiro atoms. The number of hydrogen-bond acceptors (Lipinski definition) is 4. The minimum atomic E-state index is -0.199. The van der Waals surface area contributed by atoms with Crippen LogP contribution in [0.3, 0.4) is 0 Å². The van der Waals surface area contributed by atoms with Crippen molar-refractivity contribution in [3.8, 4) is 22.5 Å². The van der Waals surface area contributed by atoms with Crippen LogP contribution in [-0.4, -0.2) is 33.6 Å². The van der Waals surface area contributed by atoms with E-state index in [1.165, 1.54) is 11.8 Å². The van der Waals surface area contributed by atoms with Gasteiger partial charge in [-0.2, -0.15) is 0 Å². The number of H-pyrrole nitrogens is 1. The highest BCUT2D eigenvalue weighted by atomic mass is 32.2. The summed E-state index contributed by atoms with van der Waals surface area (Å²) in [5, 5.41) is 6.51. The van der Waals surface area contributed by atoms with E-state index in [4.69, 9.17) is 4.98 Å². The molecule has 1 aliphatic carbocycles. The second-order valence-corrected chi connectivity index (χ2v) is 9.09. The third kappa shape index (κ3) is 5.21. The highest BCUT2D eigenvalue weighted by Gasteiger charge is 2.25. The predicted molar refractivity (Wildman–Crippen MR) is 136 cm³/mol. The molecule has 1 saturated carbocycles. The third-order valence-corrected chi connectivity index (χ3v) is 6.36. The van der Waals surface area contributed by atoms with Gasteiger partial charge in [0.2, 0.25) is 5.91 Å². The van der Waals surface area contributed by atoms with Gasteiger partial charge in [0.25, 0.3) is 5.91 Å². The molecule has 1 fully saturated rings. The van der Waals surface area contributed by atoms with Gasteiger partial charge in [-0.25, -0.2) is 4.98 Å². The lowest BCUT2D eigenvalue weighted by Crippen LogP contribution is -2.27. The molecule has 34 heavy (non-hydrogen) atoms. The molecular weight excluding hydrogens is 444 g/mol. The first-order valence-corrected chi connectivity index (χ1v) is 12.2. The fraction of sp³-hybridized carbons (Fsp3) is 0.148. The standard InChI is InChI=1S/C27H24N4O2S/c32-23(29-22-14-8-7-13-21(22)26(33)28-20-15-16-20)17-34-27-30-24(18-9-3-1-4-10-18)25(31-27)19-11-5-2-6-12-19/h1-14,20H,15-17H2,(H,28,33)(H,29,32)(H,30,31). The molecule has 0 unspecified atom stereocenters. The number of thioether (sulfide) groups is 1. The number of rotatable bonds is 8. The number of benzene rings is 3.